The first kappa shape index (κ1) is 17.9. The number of hydrogen-bond donors (Lipinski definition) is 0. The molecule has 2 fully saturated rings. The number of piperazine rings is 1. The molecular weight excluding hydrogens is 346 g/mol. The molecule has 0 radical (unpaired) electrons. The van der Waals surface area contributed by atoms with Crippen molar-refractivity contribution in [3.05, 3.63) is 30.0 Å². The molecule has 7 heteroatoms. The van der Waals surface area contributed by atoms with Gasteiger partial charge in [0, 0.05) is 37.8 Å². The molecule has 4 rings (SSSR count). The topological polar surface area (TPSA) is 68.0 Å². The molecule has 1 amide bonds. The van der Waals surface area contributed by atoms with E-state index >= 15 is 0 Å². The van der Waals surface area contributed by atoms with Gasteiger partial charge in [-0.2, -0.15) is 0 Å². The summed E-state index contributed by atoms with van der Waals surface area (Å²) in [6.07, 6.45) is 1.66. The second kappa shape index (κ2) is 6.88. The molecule has 1 aromatic heterocycles. The Kier molecular flexibility index (Phi) is 4.55. The minimum absolute atomic E-state index is 0.183. The first-order valence-corrected chi connectivity index (χ1v) is 9.25. The molecule has 0 bridgehead atoms. The van der Waals surface area contributed by atoms with E-state index in [4.69, 9.17) is 14.0 Å². The maximum absolute atomic E-state index is 13.1. The number of hydrogen-bond acceptors (Lipinski definition) is 6. The lowest BCUT2D eigenvalue weighted by Gasteiger charge is -2.34. The van der Waals surface area contributed by atoms with E-state index in [0.29, 0.717) is 17.3 Å². The van der Waals surface area contributed by atoms with Gasteiger partial charge in [0.05, 0.1) is 25.3 Å². The highest BCUT2D eigenvalue weighted by Gasteiger charge is 2.55. The summed E-state index contributed by atoms with van der Waals surface area (Å²) in [5.41, 5.74) is 1.07. The summed E-state index contributed by atoms with van der Waals surface area (Å²) in [5.74, 6) is 2.10. The maximum atomic E-state index is 13.1. The van der Waals surface area contributed by atoms with Crippen molar-refractivity contribution in [1.82, 2.24) is 15.0 Å². The van der Waals surface area contributed by atoms with Crippen molar-refractivity contribution >= 4 is 5.91 Å². The number of nitrogens with zero attached hydrogens (tertiary/aromatic N) is 3. The number of likely N-dealkylation sites (N-methyl/N-ethyl adjacent to an activating group) is 1. The van der Waals surface area contributed by atoms with Gasteiger partial charge < -0.3 is 23.8 Å². The molecule has 1 aromatic carbocycles. The third kappa shape index (κ3) is 3.16. The standard InChI is InChI=1S/C20H25N3O4/c1-22-8-10-23(11-9-22)19(24)20(6-7-20)18-13-16(27-21-18)14-4-5-15(25-2)17(12-14)26-3/h4-5,12-13H,6-11H2,1-3H3. The zero-order valence-electron chi connectivity index (χ0n) is 16.0. The number of methoxy groups -OCH3 is 2. The summed E-state index contributed by atoms with van der Waals surface area (Å²) in [7, 11) is 5.29. The maximum Gasteiger partial charge on any atom is 0.235 e. The molecular formula is C20H25N3O4. The van der Waals surface area contributed by atoms with Gasteiger partial charge in [-0.15, -0.1) is 0 Å². The Labute approximate surface area is 158 Å². The summed E-state index contributed by atoms with van der Waals surface area (Å²) < 4.78 is 16.2. The summed E-state index contributed by atoms with van der Waals surface area (Å²) >= 11 is 0. The van der Waals surface area contributed by atoms with Crippen molar-refractivity contribution in [2.45, 2.75) is 18.3 Å². The van der Waals surface area contributed by atoms with E-state index in [1.54, 1.807) is 14.2 Å². The van der Waals surface area contributed by atoms with Gasteiger partial charge in [-0.3, -0.25) is 4.79 Å². The van der Waals surface area contributed by atoms with Crippen LogP contribution in [0.5, 0.6) is 11.5 Å². The van der Waals surface area contributed by atoms with Crippen molar-refractivity contribution < 1.29 is 18.8 Å². The molecule has 1 aliphatic carbocycles. The van der Waals surface area contributed by atoms with Crippen molar-refractivity contribution in [3.8, 4) is 22.8 Å². The van der Waals surface area contributed by atoms with Crippen molar-refractivity contribution in [1.29, 1.82) is 0 Å². The fourth-order valence-electron chi connectivity index (χ4n) is 3.64. The normalized spacial score (nSPS) is 19.0. The zero-order valence-corrected chi connectivity index (χ0v) is 16.0. The molecule has 0 N–H and O–H groups in total. The Bertz CT molecular complexity index is 836. The van der Waals surface area contributed by atoms with Crippen LogP contribution in [0.4, 0.5) is 0 Å². The summed E-state index contributed by atoms with van der Waals surface area (Å²) in [4.78, 5) is 17.3. The van der Waals surface area contributed by atoms with Crippen molar-refractivity contribution in [2.24, 2.45) is 0 Å². The molecule has 1 saturated heterocycles. The van der Waals surface area contributed by atoms with Crippen LogP contribution in [0.1, 0.15) is 18.5 Å². The average molecular weight is 371 g/mol. The molecule has 27 heavy (non-hydrogen) atoms. The van der Waals surface area contributed by atoms with Crippen LogP contribution >= 0.6 is 0 Å². The summed E-state index contributed by atoms with van der Waals surface area (Å²) in [6, 6.07) is 7.47. The number of rotatable bonds is 5. The number of amides is 1. The Morgan fingerprint density at radius 3 is 2.41 bits per heavy atom. The molecule has 0 spiro atoms. The Morgan fingerprint density at radius 1 is 1.07 bits per heavy atom. The first-order valence-electron chi connectivity index (χ1n) is 9.25. The van der Waals surface area contributed by atoms with E-state index in [1.165, 1.54) is 0 Å². The number of aromatic nitrogens is 1. The molecule has 0 unspecified atom stereocenters. The molecule has 0 atom stereocenters. The van der Waals surface area contributed by atoms with Gasteiger partial charge in [0.15, 0.2) is 17.3 Å². The van der Waals surface area contributed by atoms with Crippen LogP contribution in [0, 0.1) is 0 Å². The van der Waals surface area contributed by atoms with E-state index in [2.05, 4.69) is 17.1 Å². The number of carbonyl (C=O) groups excluding carboxylic acids is 1. The molecule has 7 nitrogen and oxygen atoms in total. The van der Waals surface area contributed by atoms with Gasteiger partial charge in [0.2, 0.25) is 5.91 Å². The third-order valence-electron chi connectivity index (χ3n) is 5.62. The third-order valence-corrected chi connectivity index (χ3v) is 5.62. The van der Waals surface area contributed by atoms with E-state index in [9.17, 15) is 4.79 Å². The number of benzene rings is 1. The lowest BCUT2D eigenvalue weighted by Crippen LogP contribution is -2.50. The lowest BCUT2D eigenvalue weighted by atomic mass is 9.99. The van der Waals surface area contributed by atoms with E-state index in [-0.39, 0.29) is 5.91 Å². The van der Waals surface area contributed by atoms with Gasteiger partial charge in [0.25, 0.3) is 0 Å². The number of ether oxygens (including phenoxy) is 2. The summed E-state index contributed by atoms with van der Waals surface area (Å²) in [6.45, 7) is 3.38. The molecule has 1 aliphatic heterocycles. The van der Waals surface area contributed by atoms with Gasteiger partial charge in [-0.1, -0.05) is 5.16 Å². The fraction of sp³-hybridized carbons (Fsp3) is 0.500. The molecule has 1 saturated carbocycles. The second-order valence-corrected chi connectivity index (χ2v) is 7.32. The van der Waals surface area contributed by atoms with Crippen LogP contribution in [0.15, 0.2) is 28.8 Å². The Hall–Kier alpha value is -2.54. The van der Waals surface area contributed by atoms with Gasteiger partial charge in [-0.25, -0.2) is 0 Å². The van der Waals surface area contributed by atoms with Crippen LogP contribution in [0.2, 0.25) is 0 Å². The molecule has 144 valence electrons. The lowest BCUT2D eigenvalue weighted by molar-refractivity contribution is -0.135. The largest absolute Gasteiger partial charge is 0.493 e. The minimum Gasteiger partial charge on any atom is -0.493 e. The first-order chi connectivity index (χ1) is 13.1. The van der Waals surface area contributed by atoms with Crippen LogP contribution < -0.4 is 9.47 Å². The Balaban J connectivity index is 1.56. The monoisotopic (exact) mass is 371 g/mol. The SMILES string of the molecule is COc1ccc(-c2cc(C3(C(=O)N4CCN(C)CC4)CC3)no2)cc1OC. The van der Waals surface area contributed by atoms with Crippen LogP contribution in [0.25, 0.3) is 11.3 Å². The van der Waals surface area contributed by atoms with Crippen LogP contribution in [0.3, 0.4) is 0 Å². The highest BCUT2D eigenvalue weighted by Crippen LogP contribution is 2.50. The smallest absolute Gasteiger partial charge is 0.235 e. The van der Waals surface area contributed by atoms with Gasteiger partial charge in [-0.05, 0) is 38.1 Å². The highest BCUT2D eigenvalue weighted by atomic mass is 16.5. The predicted octanol–water partition coefficient (Wildman–Crippen LogP) is 2.16. The van der Waals surface area contributed by atoms with Crippen LogP contribution in [-0.4, -0.2) is 68.3 Å². The van der Waals surface area contributed by atoms with Gasteiger partial charge >= 0.3 is 0 Å². The van der Waals surface area contributed by atoms with E-state index < -0.39 is 5.41 Å². The molecule has 2 aliphatic rings. The predicted molar refractivity (Wildman–Crippen MR) is 100 cm³/mol. The number of carbonyl (C=O) groups is 1. The van der Waals surface area contributed by atoms with Crippen LogP contribution in [-0.2, 0) is 10.2 Å². The van der Waals surface area contributed by atoms with E-state index in [0.717, 1.165) is 50.3 Å². The highest BCUT2D eigenvalue weighted by molar-refractivity contribution is 5.91. The molecule has 2 heterocycles. The Morgan fingerprint density at radius 2 is 1.78 bits per heavy atom. The van der Waals surface area contributed by atoms with E-state index in [1.807, 2.05) is 29.2 Å². The summed E-state index contributed by atoms with van der Waals surface area (Å²) in [5, 5.41) is 4.25. The zero-order chi connectivity index (χ0) is 19.0. The fourth-order valence-corrected chi connectivity index (χ4v) is 3.64. The minimum atomic E-state index is -0.506. The molecule has 2 aromatic rings. The van der Waals surface area contributed by atoms with Crippen molar-refractivity contribution in [3.63, 3.8) is 0 Å². The quantitative estimate of drug-likeness (QED) is 0.802. The average Bonchev–Trinajstić information content (AvgIpc) is 3.36. The second-order valence-electron chi connectivity index (χ2n) is 7.32. The van der Waals surface area contributed by atoms with Crippen molar-refractivity contribution in [2.75, 3.05) is 47.4 Å². The van der Waals surface area contributed by atoms with Gasteiger partial charge in [0.1, 0.15) is 0 Å².